The predicted molar refractivity (Wildman–Crippen MR) is 161 cm³/mol. The summed E-state index contributed by atoms with van der Waals surface area (Å²) in [5, 5.41) is 0. The van der Waals surface area contributed by atoms with E-state index in [9.17, 15) is 4.39 Å². The van der Waals surface area contributed by atoms with E-state index in [1.165, 1.54) is 22.3 Å². The smallest absolute Gasteiger partial charge is 0.288 e. The molecular weight excluding hydrogens is 509 g/mol. The third-order valence-corrected chi connectivity index (χ3v) is 9.05. The molecule has 2 unspecified atom stereocenters. The van der Waals surface area contributed by atoms with E-state index in [2.05, 4.69) is 94.7 Å². The van der Waals surface area contributed by atoms with Crippen molar-refractivity contribution < 1.29 is 9.13 Å². The monoisotopic (exact) mass is 545 g/mol. The molecule has 7 rings (SSSR count). The van der Waals surface area contributed by atoms with Gasteiger partial charge in [-0.1, -0.05) is 97.1 Å². The number of amidine groups is 1. The van der Waals surface area contributed by atoms with E-state index in [1.807, 2.05) is 12.1 Å². The lowest BCUT2D eigenvalue weighted by Gasteiger charge is -2.38. The molecule has 1 spiro atoms. The van der Waals surface area contributed by atoms with Crippen molar-refractivity contribution in [2.24, 2.45) is 4.99 Å². The van der Waals surface area contributed by atoms with Gasteiger partial charge in [-0.25, -0.2) is 9.38 Å². The van der Waals surface area contributed by atoms with E-state index < -0.39 is 0 Å². The molecular formula is C36H36FN3O. The van der Waals surface area contributed by atoms with Gasteiger partial charge in [-0.05, 0) is 65.6 Å². The highest BCUT2D eigenvalue weighted by Crippen LogP contribution is 2.43. The van der Waals surface area contributed by atoms with Crippen LogP contribution >= 0.6 is 0 Å². The summed E-state index contributed by atoms with van der Waals surface area (Å²) in [6.45, 7) is 3.29. The highest BCUT2D eigenvalue weighted by atomic mass is 19.1. The summed E-state index contributed by atoms with van der Waals surface area (Å²) in [4.78, 5) is 10.3. The van der Waals surface area contributed by atoms with Gasteiger partial charge in [-0.2, -0.15) is 0 Å². The van der Waals surface area contributed by atoms with E-state index >= 15 is 0 Å². The van der Waals surface area contributed by atoms with Gasteiger partial charge < -0.3 is 9.64 Å². The Kier molecular flexibility index (Phi) is 7.05. The summed E-state index contributed by atoms with van der Waals surface area (Å²) in [5.41, 5.74) is 6.13. The molecule has 4 nitrogen and oxygen atoms in total. The molecule has 3 aliphatic rings. The zero-order chi connectivity index (χ0) is 27.6. The van der Waals surface area contributed by atoms with Gasteiger partial charge in [0.2, 0.25) is 0 Å². The normalized spacial score (nSPS) is 23.5. The summed E-state index contributed by atoms with van der Waals surface area (Å²) >= 11 is 0. The van der Waals surface area contributed by atoms with Gasteiger partial charge >= 0.3 is 0 Å². The molecule has 0 N–H and O–H groups in total. The maximum Gasteiger partial charge on any atom is 0.288 e. The third-order valence-electron chi connectivity index (χ3n) is 9.05. The number of hydrogen-bond donors (Lipinski definition) is 0. The van der Waals surface area contributed by atoms with Crippen LogP contribution in [0.3, 0.4) is 0 Å². The fourth-order valence-electron chi connectivity index (χ4n) is 6.96. The molecule has 3 atom stereocenters. The lowest BCUT2D eigenvalue weighted by molar-refractivity contribution is 0.164. The Morgan fingerprint density at radius 1 is 0.829 bits per heavy atom. The van der Waals surface area contributed by atoms with Crippen LogP contribution in [0.25, 0.3) is 0 Å². The first-order chi connectivity index (χ1) is 20.2. The average Bonchev–Trinajstić information content (AvgIpc) is 3.64. The zero-order valence-corrected chi connectivity index (χ0v) is 23.3. The van der Waals surface area contributed by atoms with Crippen molar-refractivity contribution >= 4 is 6.02 Å². The van der Waals surface area contributed by atoms with Crippen molar-refractivity contribution in [2.75, 3.05) is 13.2 Å². The van der Waals surface area contributed by atoms with Crippen molar-refractivity contribution in [3.63, 3.8) is 0 Å². The second kappa shape index (κ2) is 11.1. The van der Waals surface area contributed by atoms with Crippen LogP contribution in [0.15, 0.2) is 114 Å². The summed E-state index contributed by atoms with van der Waals surface area (Å²) < 4.78 is 20.3. The summed E-state index contributed by atoms with van der Waals surface area (Å²) in [6, 6.07) is 38.2. The van der Waals surface area contributed by atoms with E-state index in [-0.39, 0.29) is 17.4 Å². The Morgan fingerprint density at radius 2 is 1.49 bits per heavy atom. The quantitative estimate of drug-likeness (QED) is 0.258. The Hall–Kier alpha value is -3.96. The molecule has 0 bridgehead atoms. The van der Waals surface area contributed by atoms with Crippen LogP contribution in [0.5, 0.6) is 0 Å². The third kappa shape index (κ3) is 5.39. The lowest BCUT2D eigenvalue weighted by atomic mass is 9.88. The second-order valence-electron chi connectivity index (χ2n) is 11.8. The van der Waals surface area contributed by atoms with Crippen LogP contribution in [0, 0.1) is 5.82 Å². The molecule has 5 heteroatoms. The largest absolute Gasteiger partial charge is 0.463 e. The molecule has 4 aromatic carbocycles. The molecule has 0 amide bonds. The molecule has 0 aromatic heterocycles. The van der Waals surface area contributed by atoms with Crippen LogP contribution < -0.4 is 0 Å². The van der Waals surface area contributed by atoms with E-state index in [1.54, 1.807) is 12.1 Å². The summed E-state index contributed by atoms with van der Waals surface area (Å²) in [7, 11) is 0. The van der Waals surface area contributed by atoms with Gasteiger partial charge in [0.15, 0.2) is 0 Å². The molecule has 2 heterocycles. The number of fused-ring (bicyclic) bond motifs is 1. The molecule has 208 valence electrons. The standard InChI is InChI=1S/C36H36FN3O/c37-31-17-15-30(16-18-31)34-33-14-8-7-13-29(33)20-22-40(34)35-38-36(26-41-35)21-19-32(23-36)39(24-27-9-3-1-4-10-27)25-28-11-5-2-6-12-28/h1-18,32,34H,19-26H2/t32?,34-,36?/m0/s1. The number of benzene rings is 4. The molecule has 1 saturated carbocycles. The molecule has 0 saturated heterocycles. The Labute approximate surface area is 242 Å². The fourth-order valence-corrected chi connectivity index (χ4v) is 6.96. The van der Waals surface area contributed by atoms with Gasteiger partial charge in [0, 0.05) is 25.7 Å². The van der Waals surface area contributed by atoms with E-state index in [0.29, 0.717) is 12.6 Å². The van der Waals surface area contributed by atoms with Crippen LogP contribution in [-0.4, -0.2) is 40.6 Å². The van der Waals surface area contributed by atoms with Gasteiger partial charge in [0.25, 0.3) is 6.02 Å². The van der Waals surface area contributed by atoms with Crippen LogP contribution in [0.1, 0.15) is 53.1 Å². The topological polar surface area (TPSA) is 28.1 Å². The van der Waals surface area contributed by atoms with Gasteiger partial charge in [0.05, 0.1) is 6.04 Å². The molecule has 2 aliphatic heterocycles. The number of aliphatic imine (C=N–C) groups is 1. The van der Waals surface area contributed by atoms with Crippen molar-refractivity contribution in [1.29, 1.82) is 0 Å². The van der Waals surface area contributed by atoms with E-state index in [0.717, 1.165) is 56.9 Å². The number of hydrogen-bond acceptors (Lipinski definition) is 4. The first-order valence-electron chi connectivity index (χ1n) is 14.8. The van der Waals surface area contributed by atoms with Crippen LogP contribution in [-0.2, 0) is 24.2 Å². The second-order valence-corrected chi connectivity index (χ2v) is 11.8. The molecule has 1 aliphatic carbocycles. The van der Waals surface area contributed by atoms with Crippen molar-refractivity contribution in [3.8, 4) is 0 Å². The van der Waals surface area contributed by atoms with Gasteiger partial charge in [-0.3, -0.25) is 4.90 Å². The van der Waals surface area contributed by atoms with E-state index in [4.69, 9.17) is 9.73 Å². The summed E-state index contributed by atoms with van der Waals surface area (Å²) in [6.07, 6.45) is 4.05. The van der Waals surface area contributed by atoms with Gasteiger partial charge in [-0.15, -0.1) is 0 Å². The predicted octanol–water partition coefficient (Wildman–Crippen LogP) is 7.15. The summed E-state index contributed by atoms with van der Waals surface area (Å²) in [5.74, 6) is -0.217. The molecule has 1 fully saturated rings. The number of nitrogens with zero attached hydrogens (tertiary/aromatic N) is 3. The highest BCUT2D eigenvalue weighted by Gasteiger charge is 2.47. The zero-order valence-electron chi connectivity index (χ0n) is 23.3. The minimum atomic E-state index is -0.217. The molecule has 0 radical (unpaired) electrons. The molecule has 4 aromatic rings. The number of halogens is 1. The minimum absolute atomic E-state index is 0.0423. The lowest BCUT2D eigenvalue weighted by Crippen LogP contribution is -2.40. The number of ether oxygens (including phenoxy) is 1. The first-order valence-corrected chi connectivity index (χ1v) is 14.8. The van der Waals surface area contributed by atoms with Crippen molar-refractivity contribution in [1.82, 2.24) is 9.80 Å². The van der Waals surface area contributed by atoms with Crippen molar-refractivity contribution in [2.45, 2.75) is 56.4 Å². The fraction of sp³-hybridized carbons (Fsp3) is 0.306. The maximum absolute atomic E-state index is 13.9. The van der Waals surface area contributed by atoms with Crippen LogP contribution in [0.4, 0.5) is 4.39 Å². The van der Waals surface area contributed by atoms with Gasteiger partial charge in [0.1, 0.15) is 18.0 Å². The molecule has 41 heavy (non-hydrogen) atoms. The Bertz CT molecular complexity index is 1470. The number of rotatable bonds is 6. The minimum Gasteiger partial charge on any atom is -0.463 e. The Morgan fingerprint density at radius 3 is 2.20 bits per heavy atom. The van der Waals surface area contributed by atoms with Crippen LogP contribution in [0.2, 0.25) is 0 Å². The van der Waals surface area contributed by atoms with Crippen molar-refractivity contribution in [3.05, 3.63) is 143 Å². The maximum atomic E-state index is 13.9. The average molecular weight is 546 g/mol. The first kappa shape index (κ1) is 26.0. The highest BCUT2D eigenvalue weighted by molar-refractivity contribution is 5.78. The Balaban J connectivity index is 1.15. The SMILES string of the molecule is Fc1ccc([C@H]2c3ccccc3CCN2C2=NC3(CCC(N(Cc4ccccc4)Cc4ccccc4)C3)CO2)cc1.